The van der Waals surface area contributed by atoms with E-state index in [1.165, 1.54) is 37.0 Å². The number of hydrogen-bond donors (Lipinski definition) is 1. The lowest BCUT2D eigenvalue weighted by Gasteiger charge is -2.23. The van der Waals surface area contributed by atoms with Crippen LogP contribution in [0.5, 0.6) is 0 Å². The van der Waals surface area contributed by atoms with Gasteiger partial charge in [-0.2, -0.15) is 0 Å². The number of benzene rings is 1. The van der Waals surface area contributed by atoms with Gasteiger partial charge in [0.1, 0.15) is 5.70 Å². The van der Waals surface area contributed by atoms with Crippen LogP contribution in [0, 0.1) is 0 Å². The maximum Gasteiger partial charge on any atom is 0.329 e. The normalized spacial score (nSPS) is 19.7. The molecule has 1 saturated heterocycles. The Kier molecular flexibility index (Phi) is 5.03. The quantitative estimate of drug-likeness (QED) is 0.612. The standard InChI is InChI=1S/C21H22ClN3O2/c22-18-9-5-4-6-16(18)14-25-20(26)19(23-21(25)27)12-15-10-11-24(13-15)17-7-2-1-3-8-17/h4-6,9-13,17H,1-3,7-8,14H2,(H,23,27)/b19-12+. The highest BCUT2D eigenvalue weighted by Crippen LogP contribution is 2.29. The van der Waals surface area contributed by atoms with Crippen LogP contribution in [-0.2, 0) is 11.3 Å². The Morgan fingerprint density at radius 3 is 2.67 bits per heavy atom. The fourth-order valence-corrected chi connectivity index (χ4v) is 4.00. The molecule has 1 aliphatic heterocycles. The smallest absolute Gasteiger partial charge is 0.329 e. The monoisotopic (exact) mass is 383 g/mol. The van der Waals surface area contributed by atoms with Crippen LogP contribution in [0.25, 0.3) is 6.08 Å². The Morgan fingerprint density at radius 2 is 1.89 bits per heavy atom. The molecule has 4 rings (SSSR count). The van der Waals surface area contributed by atoms with Crippen LogP contribution in [-0.4, -0.2) is 21.4 Å². The van der Waals surface area contributed by atoms with Gasteiger partial charge >= 0.3 is 6.03 Å². The maximum atomic E-state index is 12.7. The number of nitrogens with one attached hydrogen (secondary N) is 1. The predicted octanol–water partition coefficient (Wildman–Crippen LogP) is 4.74. The second kappa shape index (κ2) is 7.61. The summed E-state index contributed by atoms with van der Waals surface area (Å²) in [6, 6.07) is 9.33. The summed E-state index contributed by atoms with van der Waals surface area (Å²) < 4.78 is 2.23. The number of carbonyl (C=O) groups excluding carboxylic acids is 2. The van der Waals surface area contributed by atoms with Crippen molar-refractivity contribution in [3.8, 4) is 0 Å². The zero-order valence-corrected chi connectivity index (χ0v) is 15.8. The number of hydrogen-bond acceptors (Lipinski definition) is 2. The van der Waals surface area contributed by atoms with Gasteiger partial charge in [0.15, 0.2) is 0 Å². The molecule has 2 aromatic rings. The summed E-state index contributed by atoms with van der Waals surface area (Å²) in [5.74, 6) is -0.328. The minimum atomic E-state index is -0.419. The Labute approximate surface area is 163 Å². The lowest BCUT2D eigenvalue weighted by Crippen LogP contribution is -2.30. The number of imide groups is 1. The molecule has 3 amide bonds. The molecule has 0 spiro atoms. The zero-order chi connectivity index (χ0) is 18.8. The van der Waals surface area contributed by atoms with E-state index in [0.29, 0.717) is 16.8 Å². The van der Waals surface area contributed by atoms with Gasteiger partial charge in [-0.3, -0.25) is 9.69 Å². The van der Waals surface area contributed by atoms with Crippen molar-refractivity contribution in [1.29, 1.82) is 0 Å². The molecule has 1 aromatic heterocycles. The third-order valence-corrected chi connectivity index (χ3v) is 5.66. The number of halogens is 1. The second-order valence-corrected chi connectivity index (χ2v) is 7.56. The van der Waals surface area contributed by atoms with Crippen molar-refractivity contribution < 1.29 is 9.59 Å². The molecule has 1 aromatic carbocycles. The lowest BCUT2D eigenvalue weighted by atomic mass is 9.95. The minimum absolute atomic E-state index is 0.158. The molecule has 2 heterocycles. The van der Waals surface area contributed by atoms with Crippen LogP contribution in [0.15, 0.2) is 48.4 Å². The van der Waals surface area contributed by atoms with Gasteiger partial charge in [0.05, 0.1) is 6.54 Å². The van der Waals surface area contributed by atoms with Crippen molar-refractivity contribution in [2.75, 3.05) is 0 Å². The summed E-state index contributed by atoms with van der Waals surface area (Å²) in [6.07, 6.45) is 12.1. The highest BCUT2D eigenvalue weighted by molar-refractivity contribution is 6.31. The van der Waals surface area contributed by atoms with E-state index in [-0.39, 0.29) is 12.5 Å². The molecule has 27 heavy (non-hydrogen) atoms. The van der Waals surface area contributed by atoms with Gasteiger partial charge in [-0.15, -0.1) is 0 Å². The van der Waals surface area contributed by atoms with E-state index in [1.54, 1.807) is 12.1 Å². The van der Waals surface area contributed by atoms with Crippen LogP contribution in [0.3, 0.4) is 0 Å². The van der Waals surface area contributed by atoms with E-state index in [4.69, 9.17) is 11.6 Å². The van der Waals surface area contributed by atoms with Gasteiger partial charge < -0.3 is 9.88 Å². The largest absolute Gasteiger partial charge is 0.351 e. The summed E-state index contributed by atoms with van der Waals surface area (Å²) in [7, 11) is 0. The Bertz CT molecular complexity index is 896. The molecule has 6 heteroatoms. The van der Waals surface area contributed by atoms with Crippen molar-refractivity contribution in [2.24, 2.45) is 0 Å². The molecule has 0 unspecified atom stereocenters. The zero-order valence-electron chi connectivity index (χ0n) is 15.0. The SMILES string of the molecule is O=C1N/C(=C/c2ccn(C3CCCCC3)c2)C(=O)N1Cc1ccccc1Cl. The molecule has 1 aliphatic carbocycles. The molecular formula is C21H22ClN3O2. The highest BCUT2D eigenvalue weighted by Gasteiger charge is 2.33. The topological polar surface area (TPSA) is 54.3 Å². The van der Waals surface area contributed by atoms with E-state index < -0.39 is 6.03 Å². The summed E-state index contributed by atoms with van der Waals surface area (Å²) in [6.45, 7) is 0.158. The van der Waals surface area contributed by atoms with Crippen LogP contribution in [0.2, 0.25) is 5.02 Å². The number of aromatic nitrogens is 1. The minimum Gasteiger partial charge on any atom is -0.351 e. The summed E-state index contributed by atoms with van der Waals surface area (Å²) in [5, 5.41) is 3.22. The van der Waals surface area contributed by atoms with Crippen molar-refractivity contribution in [2.45, 2.75) is 44.7 Å². The highest BCUT2D eigenvalue weighted by atomic mass is 35.5. The summed E-state index contributed by atoms with van der Waals surface area (Å²) in [5.41, 5.74) is 1.96. The van der Waals surface area contributed by atoms with Gasteiger partial charge in [0.25, 0.3) is 5.91 Å². The first kappa shape index (κ1) is 17.9. The summed E-state index contributed by atoms with van der Waals surface area (Å²) in [4.78, 5) is 26.1. The van der Waals surface area contributed by atoms with E-state index >= 15 is 0 Å². The third-order valence-electron chi connectivity index (χ3n) is 5.29. The van der Waals surface area contributed by atoms with E-state index in [9.17, 15) is 9.59 Å². The van der Waals surface area contributed by atoms with Crippen LogP contribution < -0.4 is 5.32 Å². The van der Waals surface area contributed by atoms with Crippen LogP contribution in [0.4, 0.5) is 4.79 Å². The Balaban J connectivity index is 1.50. The molecule has 0 atom stereocenters. The Hall–Kier alpha value is -2.53. The Morgan fingerprint density at radius 1 is 1.11 bits per heavy atom. The van der Waals surface area contributed by atoms with Crippen molar-refractivity contribution in [3.63, 3.8) is 0 Å². The van der Waals surface area contributed by atoms with Gasteiger partial charge in [0, 0.05) is 23.5 Å². The maximum absolute atomic E-state index is 12.7. The van der Waals surface area contributed by atoms with Crippen molar-refractivity contribution >= 4 is 29.6 Å². The van der Waals surface area contributed by atoms with Gasteiger partial charge in [-0.25, -0.2) is 4.79 Å². The number of nitrogens with zero attached hydrogens (tertiary/aromatic N) is 2. The van der Waals surface area contributed by atoms with Crippen LogP contribution >= 0.6 is 11.6 Å². The molecule has 2 aliphatic rings. The lowest BCUT2D eigenvalue weighted by molar-refractivity contribution is -0.123. The van der Waals surface area contributed by atoms with Gasteiger partial charge in [0.2, 0.25) is 0 Å². The molecular weight excluding hydrogens is 362 g/mol. The first-order chi connectivity index (χ1) is 13.1. The number of rotatable bonds is 4. The third kappa shape index (κ3) is 3.78. The molecule has 1 N–H and O–H groups in total. The molecule has 0 bridgehead atoms. The predicted molar refractivity (Wildman–Crippen MR) is 105 cm³/mol. The van der Waals surface area contributed by atoms with E-state index in [0.717, 1.165) is 11.1 Å². The van der Waals surface area contributed by atoms with Crippen molar-refractivity contribution in [3.05, 3.63) is 64.6 Å². The fourth-order valence-electron chi connectivity index (χ4n) is 3.80. The van der Waals surface area contributed by atoms with Gasteiger partial charge in [-0.05, 0) is 42.2 Å². The van der Waals surface area contributed by atoms with Gasteiger partial charge in [-0.1, -0.05) is 49.1 Å². The van der Waals surface area contributed by atoms with E-state index in [1.807, 2.05) is 24.3 Å². The number of urea groups is 1. The summed E-state index contributed by atoms with van der Waals surface area (Å²) >= 11 is 6.15. The molecule has 5 nitrogen and oxygen atoms in total. The number of carbonyl (C=O) groups is 2. The average molecular weight is 384 g/mol. The second-order valence-electron chi connectivity index (χ2n) is 7.15. The number of amides is 3. The fraction of sp³-hybridized carbons (Fsp3) is 0.333. The van der Waals surface area contributed by atoms with E-state index in [2.05, 4.69) is 22.3 Å². The average Bonchev–Trinajstić information content (AvgIpc) is 3.25. The molecule has 2 fully saturated rings. The first-order valence-electron chi connectivity index (χ1n) is 9.37. The molecule has 1 saturated carbocycles. The molecule has 0 radical (unpaired) electrons. The first-order valence-corrected chi connectivity index (χ1v) is 9.75. The van der Waals surface area contributed by atoms with Crippen LogP contribution in [0.1, 0.15) is 49.3 Å². The van der Waals surface area contributed by atoms with Crippen molar-refractivity contribution in [1.82, 2.24) is 14.8 Å². The molecule has 140 valence electrons.